The van der Waals surface area contributed by atoms with Gasteiger partial charge in [-0.05, 0) is 23.6 Å². The van der Waals surface area contributed by atoms with E-state index in [0.717, 1.165) is 0 Å². The highest BCUT2D eigenvalue weighted by molar-refractivity contribution is 5.96. The first-order valence-corrected chi connectivity index (χ1v) is 11.0. The number of aliphatic hydroxyl groups excluding tert-OH is 1. The molecule has 13 nitrogen and oxygen atoms in total. The van der Waals surface area contributed by atoms with Crippen LogP contribution in [0.5, 0.6) is 5.75 Å². The molecule has 13 heteroatoms. The third-order valence-corrected chi connectivity index (χ3v) is 5.36. The van der Waals surface area contributed by atoms with Crippen LogP contribution in [-0.4, -0.2) is 75.7 Å². The average Bonchev–Trinajstić information content (AvgIpc) is 2.81. The summed E-state index contributed by atoms with van der Waals surface area (Å²) in [6, 6.07) is 0.364. The molecule has 0 spiro atoms. The Morgan fingerprint density at radius 2 is 1.49 bits per heavy atom. The van der Waals surface area contributed by atoms with Crippen LogP contribution >= 0.6 is 0 Å². The van der Waals surface area contributed by atoms with Gasteiger partial charge in [0.05, 0.1) is 13.0 Å². The van der Waals surface area contributed by atoms with E-state index >= 15 is 0 Å². The van der Waals surface area contributed by atoms with E-state index in [1.807, 2.05) is 0 Å². The molecule has 0 heterocycles. The summed E-state index contributed by atoms with van der Waals surface area (Å²) >= 11 is 0. The normalized spacial score (nSPS) is 15.1. The lowest BCUT2D eigenvalue weighted by molar-refractivity contribution is -0.144. The third-order valence-electron chi connectivity index (χ3n) is 5.36. The molecule has 0 aliphatic carbocycles. The lowest BCUT2D eigenvalue weighted by atomic mass is 9.98. The zero-order valence-electron chi connectivity index (χ0n) is 19.6. The first-order valence-electron chi connectivity index (χ1n) is 11.0. The number of benzene rings is 1. The number of aromatic hydroxyl groups is 1. The zero-order chi connectivity index (χ0) is 26.7. The Kier molecular flexibility index (Phi) is 11.6. The van der Waals surface area contributed by atoms with Gasteiger partial charge >= 0.3 is 5.97 Å². The van der Waals surface area contributed by atoms with Crippen molar-refractivity contribution >= 4 is 29.6 Å². The van der Waals surface area contributed by atoms with Gasteiger partial charge in [-0.3, -0.25) is 19.2 Å². The summed E-state index contributed by atoms with van der Waals surface area (Å²) in [5.74, 6) is -5.29. The maximum Gasteiger partial charge on any atom is 0.326 e. The molecule has 0 fully saturated rings. The fourth-order valence-corrected chi connectivity index (χ4v) is 3.06. The molecule has 1 rings (SSSR count). The van der Waals surface area contributed by atoms with Gasteiger partial charge in [-0.2, -0.15) is 0 Å². The number of nitrogens with two attached hydrogens (primary N) is 2. The summed E-state index contributed by atoms with van der Waals surface area (Å²) in [6.07, 6.45) is -0.254. The minimum Gasteiger partial charge on any atom is -0.508 e. The summed E-state index contributed by atoms with van der Waals surface area (Å²) in [5, 5.41) is 35.1. The minimum absolute atomic E-state index is 0.0223. The minimum atomic E-state index is -1.50. The highest BCUT2D eigenvalue weighted by atomic mass is 16.4. The number of hydrogen-bond donors (Lipinski definition) is 8. The van der Waals surface area contributed by atoms with E-state index in [9.17, 15) is 34.2 Å². The van der Waals surface area contributed by atoms with Crippen LogP contribution in [0.1, 0.15) is 32.3 Å². The summed E-state index contributed by atoms with van der Waals surface area (Å²) in [6.45, 7) is 2.70. The molecule has 0 saturated heterocycles. The van der Waals surface area contributed by atoms with Crippen molar-refractivity contribution in [2.75, 3.05) is 6.61 Å². The van der Waals surface area contributed by atoms with Gasteiger partial charge in [0.25, 0.3) is 0 Å². The lowest BCUT2D eigenvalue weighted by Gasteiger charge is -2.26. The molecule has 5 unspecified atom stereocenters. The first kappa shape index (κ1) is 29.3. The monoisotopic (exact) mass is 495 g/mol. The van der Waals surface area contributed by atoms with Crippen LogP contribution in [-0.2, 0) is 30.4 Å². The van der Waals surface area contributed by atoms with Gasteiger partial charge in [-0.1, -0.05) is 32.4 Å². The molecule has 0 aromatic heterocycles. The first-order chi connectivity index (χ1) is 16.4. The SMILES string of the molecule is CCC(C)C(NC(=O)C(Cc1ccc(O)cc1)NC(=O)C(CC(N)=O)NC(=O)C(N)CO)C(=O)O. The highest BCUT2D eigenvalue weighted by Crippen LogP contribution is 2.13. The third kappa shape index (κ3) is 9.59. The Labute approximate surface area is 202 Å². The Morgan fingerprint density at radius 3 is 1.97 bits per heavy atom. The summed E-state index contributed by atoms with van der Waals surface area (Å²) in [7, 11) is 0. The van der Waals surface area contributed by atoms with Crippen LogP contribution < -0.4 is 27.4 Å². The van der Waals surface area contributed by atoms with Crippen molar-refractivity contribution in [1.82, 2.24) is 16.0 Å². The van der Waals surface area contributed by atoms with E-state index in [4.69, 9.17) is 16.6 Å². The topological polar surface area (TPSA) is 234 Å². The molecule has 1 aromatic carbocycles. The largest absolute Gasteiger partial charge is 0.508 e. The number of amides is 4. The molecule has 0 bridgehead atoms. The van der Waals surface area contributed by atoms with Gasteiger partial charge in [0, 0.05) is 6.42 Å². The Morgan fingerprint density at radius 1 is 0.943 bits per heavy atom. The fourth-order valence-electron chi connectivity index (χ4n) is 3.06. The molecule has 4 amide bonds. The number of carboxylic acid groups (broad SMARTS) is 1. The van der Waals surface area contributed by atoms with Crippen molar-refractivity contribution in [2.24, 2.45) is 17.4 Å². The molecule has 10 N–H and O–H groups in total. The number of phenolic OH excluding ortho intramolecular Hbond substituents is 1. The van der Waals surface area contributed by atoms with Crippen molar-refractivity contribution in [2.45, 2.75) is 57.3 Å². The number of rotatable bonds is 14. The average molecular weight is 496 g/mol. The molecular formula is C22H33N5O8. The van der Waals surface area contributed by atoms with Gasteiger partial charge in [0.2, 0.25) is 23.6 Å². The number of aliphatic carboxylic acids is 1. The van der Waals surface area contributed by atoms with E-state index in [-0.39, 0.29) is 12.2 Å². The van der Waals surface area contributed by atoms with Crippen LogP contribution in [0.15, 0.2) is 24.3 Å². The Balaban J connectivity index is 3.19. The second-order valence-corrected chi connectivity index (χ2v) is 8.16. The van der Waals surface area contributed by atoms with Crippen LogP contribution in [0.2, 0.25) is 0 Å². The summed E-state index contributed by atoms with van der Waals surface area (Å²) < 4.78 is 0. The zero-order valence-corrected chi connectivity index (χ0v) is 19.6. The molecule has 0 saturated carbocycles. The number of hydrogen-bond acceptors (Lipinski definition) is 8. The van der Waals surface area contributed by atoms with E-state index in [1.54, 1.807) is 13.8 Å². The van der Waals surface area contributed by atoms with Gasteiger partial charge in [-0.25, -0.2) is 4.79 Å². The molecule has 0 radical (unpaired) electrons. The molecule has 0 aliphatic rings. The van der Waals surface area contributed by atoms with Crippen molar-refractivity contribution in [3.8, 4) is 5.75 Å². The number of phenols is 1. The number of primary amides is 1. The van der Waals surface area contributed by atoms with Crippen molar-refractivity contribution in [3.05, 3.63) is 29.8 Å². The number of carbonyl (C=O) groups excluding carboxylic acids is 4. The molecule has 194 valence electrons. The van der Waals surface area contributed by atoms with Crippen molar-refractivity contribution in [1.29, 1.82) is 0 Å². The smallest absolute Gasteiger partial charge is 0.326 e. The van der Waals surface area contributed by atoms with Crippen LogP contribution in [0.25, 0.3) is 0 Å². The van der Waals surface area contributed by atoms with Crippen LogP contribution in [0.3, 0.4) is 0 Å². The standard InChI is InChI=1S/C22H33N5O8/c1-3-11(2)18(22(34)35)27-21(33)15(8-12-4-6-13(29)7-5-12)26-20(32)16(9-17(24)30)25-19(31)14(23)10-28/h4-7,11,14-16,18,28-29H,3,8-10,23H2,1-2H3,(H2,24,30)(H,25,31)(H,26,32)(H,27,33)(H,34,35). The molecule has 35 heavy (non-hydrogen) atoms. The van der Waals surface area contributed by atoms with Gasteiger partial charge in [-0.15, -0.1) is 0 Å². The molecule has 5 atom stereocenters. The number of carboxylic acids is 1. The number of aliphatic hydroxyl groups is 1. The Bertz CT molecular complexity index is 908. The summed E-state index contributed by atoms with van der Waals surface area (Å²) in [5.41, 5.74) is 11.1. The van der Waals surface area contributed by atoms with Gasteiger partial charge < -0.3 is 42.7 Å². The van der Waals surface area contributed by atoms with Gasteiger partial charge in [0.1, 0.15) is 29.9 Å². The van der Waals surface area contributed by atoms with Crippen molar-refractivity contribution < 1.29 is 39.3 Å². The lowest BCUT2D eigenvalue weighted by Crippen LogP contribution is -2.59. The van der Waals surface area contributed by atoms with Crippen molar-refractivity contribution in [3.63, 3.8) is 0 Å². The quantitative estimate of drug-likeness (QED) is 0.138. The predicted molar refractivity (Wildman–Crippen MR) is 124 cm³/mol. The number of carbonyl (C=O) groups is 5. The molecular weight excluding hydrogens is 462 g/mol. The van der Waals surface area contributed by atoms with Crippen LogP contribution in [0, 0.1) is 5.92 Å². The molecule has 1 aromatic rings. The maximum atomic E-state index is 13.0. The predicted octanol–water partition coefficient (Wildman–Crippen LogP) is -2.29. The van der Waals surface area contributed by atoms with E-state index in [1.165, 1.54) is 24.3 Å². The maximum absolute atomic E-state index is 13.0. The van der Waals surface area contributed by atoms with E-state index in [2.05, 4.69) is 16.0 Å². The molecule has 0 aliphatic heterocycles. The Hall–Kier alpha value is -3.71. The second-order valence-electron chi connectivity index (χ2n) is 8.16. The van der Waals surface area contributed by atoms with Crippen LogP contribution in [0.4, 0.5) is 0 Å². The van der Waals surface area contributed by atoms with Gasteiger partial charge in [0.15, 0.2) is 0 Å². The summed E-state index contributed by atoms with van der Waals surface area (Å²) in [4.78, 5) is 61.1. The highest BCUT2D eigenvalue weighted by Gasteiger charge is 2.32. The second kappa shape index (κ2) is 13.9. The van der Waals surface area contributed by atoms with E-state index < -0.39 is 72.7 Å². The fraction of sp³-hybridized carbons (Fsp3) is 0.500. The number of nitrogens with one attached hydrogen (secondary N) is 3. The van der Waals surface area contributed by atoms with E-state index in [0.29, 0.717) is 12.0 Å².